The molecule has 4 atom stereocenters. The zero-order valence-corrected chi connectivity index (χ0v) is 12.7. The van der Waals surface area contributed by atoms with E-state index in [9.17, 15) is 9.59 Å². The molecular weight excluding hydrogens is 298 g/mol. The molecule has 1 fully saturated rings. The van der Waals surface area contributed by atoms with Gasteiger partial charge in [-0.3, -0.25) is 0 Å². The monoisotopic (exact) mass is 313 g/mol. The van der Waals surface area contributed by atoms with E-state index in [0.29, 0.717) is 5.88 Å². The minimum atomic E-state index is -0.736. The molecule has 0 amide bonds. The third-order valence-corrected chi connectivity index (χ3v) is 4.78. The van der Waals surface area contributed by atoms with Crippen molar-refractivity contribution in [3.05, 3.63) is 32.6 Å². The maximum absolute atomic E-state index is 12.4. The summed E-state index contributed by atoms with van der Waals surface area (Å²) in [5.74, 6) is -0.440. The van der Waals surface area contributed by atoms with Crippen molar-refractivity contribution in [3.63, 3.8) is 0 Å². The Hall–Kier alpha value is -1.31. The van der Waals surface area contributed by atoms with Crippen LogP contribution in [0, 0.1) is 0 Å². The minimum absolute atomic E-state index is 0.281. The Kier molecular flexibility index (Phi) is 2.49. The van der Waals surface area contributed by atoms with Crippen molar-refractivity contribution in [2.24, 2.45) is 7.05 Å². The molecule has 3 aliphatic heterocycles. The van der Waals surface area contributed by atoms with Gasteiger partial charge in [-0.15, -0.1) is 11.6 Å². The Morgan fingerprint density at radius 1 is 1.19 bits per heavy atom. The molecule has 4 heterocycles. The molecule has 0 unspecified atom stereocenters. The first-order chi connectivity index (χ1) is 9.85. The highest BCUT2D eigenvalue weighted by Gasteiger charge is 2.57. The first kappa shape index (κ1) is 13.4. The Balaban J connectivity index is 1.98. The van der Waals surface area contributed by atoms with Crippen LogP contribution in [0.15, 0.2) is 21.2 Å². The third kappa shape index (κ3) is 1.51. The fourth-order valence-electron chi connectivity index (χ4n) is 3.68. The molecule has 4 aliphatic rings. The fraction of sp³-hybridized carbons (Fsp3) is 0.692. The van der Waals surface area contributed by atoms with Crippen molar-refractivity contribution in [2.45, 2.75) is 43.9 Å². The SMILES string of the molecule is Cn1c(=O)n2n(c1=O)[C@H]1C(CCl)=C[C@@H]2[C@@H]2OC(C)(C)O[C@@H]21. The van der Waals surface area contributed by atoms with Gasteiger partial charge in [-0.2, -0.15) is 0 Å². The maximum Gasteiger partial charge on any atom is 0.347 e. The van der Waals surface area contributed by atoms with E-state index >= 15 is 0 Å². The van der Waals surface area contributed by atoms with Crippen molar-refractivity contribution in [1.29, 1.82) is 0 Å². The molecule has 114 valence electrons. The van der Waals surface area contributed by atoms with Gasteiger partial charge < -0.3 is 9.47 Å². The van der Waals surface area contributed by atoms with Crippen LogP contribution in [-0.4, -0.2) is 37.8 Å². The summed E-state index contributed by atoms with van der Waals surface area (Å²) in [6.45, 7) is 3.67. The average Bonchev–Trinajstić information content (AvgIpc) is 2.89. The summed E-state index contributed by atoms with van der Waals surface area (Å²) in [7, 11) is 1.48. The molecule has 8 heteroatoms. The topological polar surface area (TPSA) is 67.4 Å². The predicted octanol–water partition coefficient (Wildman–Crippen LogP) is 0.143. The Bertz CT molecular complexity index is 771. The largest absolute Gasteiger partial charge is 0.347 e. The van der Waals surface area contributed by atoms with E-state index in [0.717, 1.165) is 10.1 Å². The second-order valence-electron chi connectivity index (χ2n) is 6.19. The van der Waals surface area contributed by atoms with Gasteiger partial charge in [0.05, 0.1) is 0 Å². The predicted molar refractivity (Wildman–Crippen MR) is 74.6 cm³/mol. The number of ether oxygens (including phenoxy) is 2. The summed E-state index contributed by atoms with van der Waals surface area (Å²) in [4.78, 5) is 24.7. The van der Waals surface area contributed by atoms with E-state index in [1.54, 1.807) is 0 Å². The molecule has 7 nitrogen and oxygen atoms in total. The number of halogens is 1. The highest BCUT2D eigenvalue weighted by Crippen LogP contribution is 2.48. The second-order valence-corrected chi connectivity index (χ2v) is 6.46. The molecule has 1 saturated heterocycles. The number of nitrogens with zero attached hydrogens (tertiary/aromatic N) is 3. The van der Waals surface area contributed by atoms with Crippen molar-refractivity contribution in [2.75, 3.05) is 5.88 Å². The van der Waals surface area contributed by atoms with E-state index in [2.05, 4.69) is 0 Å². The number of alkyl halides is 1. The quantitative estimate of drug-likeness (QED) is 0.546. The van der Waals surface area contributed by atoms with Crippen LogP contribution in [-0.2, 0) is 16.5 Å². The van der Waals surface area contributed by atoms with Crippen LogP contribution in [0.4, 0.5) is 0 Å². The highest BCUT2D eigenvalue weighted by molar-refractivity contribution is 6.19. The Morgan fingerprint density at radius 2 is 1.81 bits per heavy atom. The molecule has 2 bridgehead atoms. The molecule has 5 rings (SSSR count). The summed E-state index contributed by atoms with van der Waals surface area (Å²) in [5.41, 5.74) is 0.209. The van der Waals surface area contributed by atoms with Crippen molar-refractivity contribution < 1.29 is 9.47 Å². The number of aromatic nitrogens is 3. The number of hydrogen-bond acceptors (Lipinski definition) is 4. The average molecular weight is 314 g/mol. The molecule has 1 aromatic heterocycles. The molecule has 0 saturated carbocycles. The summed E-state index contributed by atoms with van der Waals surface area (Å²) >= 11 is 6.03. The lowest BCUT2D eigenvalue weighted by atomic mass is 9.85. The van der Waals surface area contributed by atoms with E-state index in [-0.39, 0.29) is 35.7 Å². The number of hydrogen-bond donors (Lipinski definition) is 0. The first-order valence-electron chi connectivity index (χ1n) is 6.88. The summed E-state index contributed by atoms with van der Waals surface area (Å²) in [6, 6.07) is -0.752. The summed E-state index contributed by atoms with van der Waals surface area (Å²) < 4.78 is 16.0. The molecule has 0 aromatic carbocycles. The lowest BCUT2D eigenvalue weighted by Gasteiger charge is -2.43. The van der Waals surface area contributed by atoms with Crippen molar-refractivity contribution in [3.8, 4) is 0 Å². The molecule has 0 radical (unpaired) electrons. The Labute approximate surface area is 125 Å². The maximum atomic E-state index is 12.4. The van der Waals surface area contributed by atoms with Crippen LogP contribution in [0.25, 0.3) is 0 Å². The van der Waals surface area contributed by atoms with Crippen molar-refractivity contribution in [1.82, 2.24) is 13.9 Å². The fourth-order valence-corrected chi connectivity index (χ4v) is 3.92. The second kappa shape index (κ2) is 3.91. The van der Waals surface area contributed by atoms with Gasteiger partial charge >= 0.3 is 11.4 Å². The number of rotatable bonds is 1. The van der Waals surface area contributed by atoms with Gasteiger partial charge in [-0.1, -0.05) is 6.08 Å². The van der Waals surface area contributed by atoms with Crippen LogP contribution in [0.1, 0.15) is 25.9 Å². The molecule has 0 N–H and O–H groups in total. The minimum Gasteiger partial charge on any atom is -0.342 e. The van der Waals surface area contributed by atoms with Crippen LogP contribution >= 0.6 is 11.6 Å². The van der Waals surface area contributed by atoms with Gasteiger partial charge in [0.1, 0.15) is 24.3 Å². The van der Waals surface area contributed by atoms with Crippen LogP contribution in [0.5, 0.6) is 0 Å². The molecule has 0 spiro atoms. The smallest absolute Gasteiger partial charge is 0.342 e. The van der Waals surface area contributed by atoms with Crippen LogP contribution in [0.3, 0.4) is 0 Å². The lowest BCUT2D eigenvalue weighted by molar-refractivity contribution is -0.147. The van der Waals surface area contributed by atoms with Crippen LogP contribution in [0.2, 0.25) is 0 Å². The molecular formula is C13H16ClN3O4. The van der Waals surface area contributed by atoms with Gasteiger partial charge in [0.15, 0.2) is 5.79 Å². The van der Waals surface area contributed by atoms with E-state index in [1.165, 1.54) is 16.4 Å². The van der Waals surface area contributed by atoms with E-state index < -0.39 is 5.79 Å². The van der Waals surface area contributed by atoms with Crippen LogP contribution < -0.4 is 11.4 Å². The normalized spacial score (nSPS) is 35.5. The van der Waals surface area contributed by atoms with Gasteiger partial charge in [0.2, 0.25) is 0 Å². The molecule has 1 aromatic rings. The summed E-state index contributed by atoms with van der Waals surface area (Å²) in [5, 5.41) is 0. The summed E-state index contributed by atoms with van der Waals surface area (Å²) in [6.07, 6.45) is 1.35. The Morgan fingerprint density at radius 3 is 2.48 bits per heavy atom. The first-order valence-corrected chi connectivity index (χ1v) is 7.41. The van der Waals surface area contributed by atoms with E-state index in [4.69, 9.17) is 21.1 Å². The van der Waals surface area contributed by atoms with Crippen molar-refractivity contribution >= 4 is 11.6 Å². The van der Waals surface area contributed by atoms with Gasteiger partial charge in [-0.25, -0.2) is 23.5 Å². The zero-order valence-electron chi connectivity index (χ0n) is 11.9. The van der Waals surface area contributed by atoms with Gasteiger partial charge in [0.25, 0.3) is 0 Å². The van der Waals surface area contributed by atoms with Gasteiger partial charge in [-0.05, 0) is 19.4 Å². The third-order valence-electron chi connectivity index (χ3n) is 4.47. The van der Waals surface area contributed by atoms with Gasteiger partial charge in [0, 0.05) is 12.9 Å². The highest BCUT2D eigenvalue weighted by atomic mass is 35.5. The van der Waals surface area contributed by atoms with E-state index in [1.807, 2.05) is 19.9 Å². The molecule has 1 aliphatic carbocycles. The molecule has 21 heavy (non-hydrogen) atoms. The zero-order chi connectivity index (χ0) is 15.1. The standard InChI is InChI=1S/C13H16ClN3O4/c1-13(2)20-9-7-4-6(5-14)8(10(9)21-13)17-12(19)15(3)11(18)16(7)17/h4,7-10H,5H2,1-3H3/t7-,8+,9+,10-/m1/s1. The lowest BCUT2D eigenvalue weighted by Crippen LogP contribution is -2.55.